The smallest absolute Gasteiger partial charge is 0.101 e. The molecule has 2 aromatic rings. The van der Waals surface area contributed by atoms with E-state index in [0.717, 1.165) is 42.0 Å². The maximum absolute atomic E-state index is 10.4. The Morgan fingerprint density at radius 2 is 1.44 bits per heavy atom. The predicted molar refractivity (Wildman–Crippen MR) is 107 cm³/mol. The molecule has 3 rings (SSSR count). The van der Waals surface area contributed by atoms with Crippen molar-refractivity contribution in [1.82, 2.24) is 4.98 Å². The summed E-state index contributed by atoms with van der Waals surface area (Å²) in [6, 6.07) is 12.5. The molecule has 1 fully saturated rings. The number of nitrogens with zero attached hydrogens (tertiary/aromatic N) is 3. The van der Waals surface area contributed by atoms with Gasteiger partial charge in [0.1, 0.15) is 6.10 Å². The monoisotopic (exact) mass is 403 g/mol. The highest BCUT2D eigenvalue weighted by atomic mass is 79.9. The van der Waals surface area contributed by atoms with Crippen molar-refractivity contribution in [2.75, 3.05) is 36.0 Å². The summed E-state index contributed by atoms with van der Waals surface area (Å²) in [7, 11) is 0. The van der Waals surface area contributed by atoms with E-state index in [1.54, 1.807) is 0 Å². The zero-order valence-corrected chi connectivity index (χ0v) is 16.7. The minimum Gasteiger partial charge on any atom is -0.386 e. The topological polar surface area (TPSA) is 39.6 Å². The second kappa shape index (κ2) is 7.34. The maximum Gasteiger partial charge on any atom is 0.101 e. The van der Waals surface area contributed by atoms with Crippen LogP contribution in [0, 0.1) is 5.41 Å². The van der Waals surface area contributed by atoms with E-state index in [4.69, 9.17) is 0 Å². The molecule has 1 aromatic carbocycles. The minimum absolute atomic E-state index is 0.204. The molecule has 0 saturated carbocycles. The van der Waals surface area contributed by atoms with Gasteiger partial charge in [0.2, 0.25) is 0 Å². The summed E-state index contributed by atoms with van der Waals surface area (Å²) in [5.74, 6) is 0. The van der Waals surface area contributed by atoms with Crippen molar-refractivity contribution in [2.24, 2.45) is 5.41 Å². The molecular formula is C20H26BrN3O. The van der Waals surface area contributed by atoms with Gasteiger partial charge in [-0.05, 0) is 41.8 Å². The maximum atomic E-state index is 10.4. The molecule has 1 atom stereocenters. The van der Waals surface area contributed by atoms with Crippen molar-refractivity contribution >= 4 is 27.3 Å². The van der Waals surface area contributed by atoms with Crippen molar-refractivity contribution < 1.29 is 5.11 Å². The zero-order valence-electron chi connectivity index (χ0n) is 15.1. The van der Waals surface area contributed by atoms with Crippen LogP contribution < -0.4 is 9.80 Å². The van der Waals surface area contributed by atoms with Gasteiger partial charge in [0, 0.05) is 36.3 Å². The van der Waals surface area contributed by atoms with Gasteiger partial charge in [0.15, 0.2) is 0 Å². The van der Waals surface area contributed by atoms with Crippen LogP contribution in [-0.2, 0) is 0 Å². The fourth-order valence-corrected chi connectivity index (χ4v) is 3.33. The van der Waals surface area contributed by atoms with Gasteiger partial charge < -0.3 is 14.9 Å². The molecule has 2 heterocycles. The Labute approximate surface area is 158 Å². The summed E-state index contributed by atoms with van der Waals surface area (Å²) in [5, 5.41) is 10.4. The third-order valence-electron chi connectivity index (χ3n) is 4.71. The molecule has 1 saturated heterocycles. The first-order valence-corrected chi connectivity index (χ1v) is 9.53. The molecule has 134 valence electrons. The van der Waals surface area contributed by atoms with Gasteiger partial charge in [0.05, 0.1) is 17.6 Å². The Hall–Kier alpha value is -1.59. The number of aliphatic hydroxyl groups excluding tert-OH is 1. The van der Waals surface area contributed by atoms with Crippen molar-refractivity contribution in [3.8, 4) is 0 Å². The van der Waals surface area contributed by atoms with E-state index >= 15 is 0 Å². The number of hydrogen-bond donors (Lipinski definition) is 1. The number of aliphatic hydroxyl groups is 1. The number of hydrogen-bond acceptors (Lipinski definition) is 4. The van der Waals surface area contributed by atoms with Gasteiger partial charge in [-0.2, -0.15) is 0 Å². The molecule has 25 heavy (non-hydrogen) atoms. The second-order valence-corrected chi connectivity index (χ2v) is 8.58. The number of benzene rings is 1. The molecule has 1 unspecified atom stereocenters. The van der Waals surface area contributed by atoms with Crippen LogP contribution in [0.5, 0.6) is 0 Å². The molecule has 1 aliphatic rings. The average molecular weight is 404 g/mol. The molecule has 0 bridgehead atoms. The third kappa shape index (κ3) is 4.33. The lowest BCUT2D eigenvalue weighted by molar-refractivity contribution is 0.0589. The number of aromatic nitrogens is 1. The van der Waals surface area contributed by atoms with Gasteiger partial charge in [-0.3, -0.25) is 4.98 Å². The van der Waals surface area contributed by atoms with Gasteiger partial charge >= 0.3 is 0 Å². The largest absolute Gasteiger partial charge is 0.386 e. The first-order chi connectivity index (χ1) is 11.8. The Morgan fingerprint density at radius 1 is 0.920 bits per heavy atom. The third-order valence-corrected chi connectivity index (χ3v) is 5.24. The van der Waals surface area contributed by atoms with Crippen LogP contribution in [0.15, 0.2) is 47.1 Å². The molecule has 1 aromatic heterocycles. The average Bonchev–Trinajstić information content (AvgIpc) is 2.61. The van der Waals surface area contributed by atoms with Crippen LogP contribution in [0.2, 0.25) is 0 Å². The Morgan fingerprint density at radius 3 is 1.92 bits per heavy atom. The first kappa shape index (κ1) is 18.2. The molecule has 1 aliphatic heterocycles. The minimum atomic E-state index is -0.546. The van der Waals surface area contributed by atoms with Gasteiger partial charge in [-0.25, -0.2) is 0 Å². The first-order valence-electron chi connectivity index (χ1n) is 8.74. The van der Waals surface area contributed by atoms with E-state index in [0.29, 0.717) is 0 Å². The molecule has 0 aliphatic carbocycles. The number of halogens is 1. The molecule has 0 radical (unpaired) electrons. The Bertz CT molecular complexity index is 686. The number of pyridine rings is 1. The van der Waals surface area contributed by atoms with Crippen LogP contribution in [0.25, 0.3) is 0 Å². The SMILES string of the molecule is CC(C)(C)C(O)c1ccc(N2CCN(c3ccc(Br)cc3)CC2)cn1. The Kier molecular flexibility index (Phi) is 5.35. The van der Waals surface area contributed by atoms with E-state index < -0.39 is 6.10 Å². The van der Waals surface area contributed by atoms with E-state index in [1.807, 2.05) is 33.0 Å². The second-order valence-electron chi connectivity index (χ2n) is 7.66. The molecule has 0 spiro atoms. The predicted octanol–water partition coefficient (Wildman–Crippen LogP) is 4.25. The quantitative estimate of drug-likeness (QED) is 0.831. The van der Waals surface area contributed by atoms with E-state index in [2.05, 4.69) is 61.0 Å². The van der Waals surface area contributed by atoms with Gasteiger partial charge in [-0.1, -0.05) is 36.7 Å². The summed E-state index contributed by atoms with van der Waals surface area (Å²) < 4.78 is 1.11. The summed E-state index contributed by atoms with van der Waals surface area (Å²) >= 11 is 3.49. The van der Waals surface area contributed by atoms with E-state index in [1.165, 1.54) is 5.69 Å². The highest BCUT2D eigenvalue weighted by molar-refractivity contribution is 9.10. The molecule has 0 amide bonds. The fourth-order valence-electron chi connectivity index (χ4n) is 3.06. The van der Waals surface area contributed by atoms with Crippen LogP contribution >= 0.6 is 15.9 Å². The van der Waals surface area contributed by atoms with E-state index in [9.17, 15) is 5.11 Å². The van der Waals surface area contributed by atoms with Crippen molar-refractivity contribution in [2.45, 2.75) is 26.9 Å². The van der Waals surface area contributed by atoms with Crippen molar-refractivity contribution in [3.05, 3.63) is 52.8 Å². The van der Waals surface area contributed by atoms with Crippen molar-refractivity contribution in [1.29, 1.82) is 0 Å². The number of anilines is 2. The molecule has 5 heteroatoms. The highest BCUT2D eigenvalue weighted by Gasteiger charge is 2.25. The number of rotatable bonds is 3. The normalized spacial score (nSPS) is 16.8. The highest BCUT2D eigenvalue weighted by Crippen LogP contribution is 2.32. The molecule has 1 N–H and O–H groups in total. The fraction of sp³-hybridized carbons (Fsp3) is 0.450. The van der Waals surface area contributed by atoms with Gasteiger partial charge in [-0.15, -0.1) is 0 Å². The number of piperazine rings is 1. The molecular weight excluding hydrogens is 378 g/mol. The summed E-state index contributed by atoms with van der Waals surface area (Å²) in [6.45, 7) is 10.00. The Balaban J connectivity index is 1.62. The van der Waals surface area contributed by atoms with Crippen molar-refractivity contribution in [3.63, 3.8) is 0 Å². The van der Waals surface area contributed by atoms with Crippen LogP contribution in [-0.4, -0.2) is 36.3 Å². The standard InChI is InChI=1S/C20H26BrN3O/c1-20(2,3)19(25)18-9-8-17(14-22-18)24-12-10-23(11-13-24)16-6-4-15(21)5-7-16/h4-9,14,19,25H,10-13H2,1-3H3. The summed E-state index contributed by atoms with van der Waals surface area (Å²) in [5.41, 5.74) is 2.93. The van der Waals surface area contributed by atoms with E-state index in [-0.39, 0.29) is 5.41 Å². The molecule has 4 nitrogen and oxygen atoms in total. The van der Waals surface area contributed by atoms with Crippen LogP contribution in [0.1, 0.15) is 32.6 Å². The lowest BCUT2D eigenvalue weighted by Crippen LogP contribution is -2.46. The lowest BCUT2D eigenvalue weighted by atomic mass is 9.87. The lowest BCUT2D eigenvalue weighted by Gasteiger charge is -2.37. The van der Waals surface area contributed by atoms with Gasteiger partial charge in [0.25, 0.3) is 0 Å². The summed E-state index contributed by atoms with van der Waals surface area (Å²) in [4.78, 5) is 9.26. The zero-order chi connectivity index (χ0) is 18.0. The summed E-state index contributed by atoms with van der Waals surface area (Å²) in [6.07, 6.45) is 1.34. The van der Waals surface area contributed by atoms with Crippen LogP contribution in [0.4, 0.5) is 11.4 Å². The van der Waals surface area contributed by atoms with Crippen LogP contribution in [0.3, 0.4) is 0 Å².